The minimum atomic E-state index is -4.64. The van der Waals surface area contributed by atoms with Gasteiger partial charge in [0.15, 0.2) is 0 Å². The molecule has 3 aromatic rings. The quantitative estimate of drug-likeness (QED) is 0.181. The molecule has 0 aromatic heterocycles. The Balaban J connectivity index is 0.00000380. The Morgan fingerprint density at radius 1 is 0.892 bits per heavy atom. The van der Waals surface area contributed by atoms with E-state index in [4.69, 9.17) is 9.94 Å². The van der Waals surface area contributed by atoms with Crippen molar-refractivity contribution in [1.82, 2.24) is 14.8 Å². The van der Waals surface area contributed by atoms with Gasteiger partial charge in [0.05, 0.1) is 16.0 Å². The van der Waals surface area contributed by atoms with E-state index in [1.165, 1.54) is 41.9 Å². The molecule has 3 N–H and O–H groups in total. The third-order valence-corrected chi connectivity index (χ3v) is 7.15. The van der Waals surface area contributed by atoms with Crippen LogP contribution in [0.1, 0.15) is 27.1 Å². The Bertz CT molecular complexity index is 1370. The maximum Gasteiger partial charge on any atom is 0.265 e. The monoisotopic (exact) mass is 652 g/mol. The van der Waals surface area contributed by atoms with E-state index in [9.17, 15) is 28.0 Å². The van der Waals surface area contributed by atoms with E-state index < -0.39 is 40.2 Å². The molecule has 1 aliphatic heterocycles. The van der Waals surface area contributed by atoms with Gasteiger partial charge in [-0.25, -0.2) is 13.9 Å². The van der Waals surface area contributed by atoms with Gasteiger partial charge in [-0.2, -0.15) is 0 Å². The summed E-state index contributed by atoms with van der Waals surface area (Å²) in [6.45, 7) is -0.388. The molecule has 3 amide bonds. The van der Waals surface area contributed by atoms with Crippen molar-refractivity contribution >= 4 is 27.7 Å². The zero-order chi connectivity index (χ0) is 25.9. The van der Waals surface area contributed by atoms with Crippen LogP contribution in [0.3, 0.4) is 0 Å². The van der Waals surface area contributed by atoms with Crippen LogP contribution in [0.2, 0.25) is 0 Å². The molecule has 3 aromatic carbocycles. The second-order valence-corrected chi connectivity index (χ2v) is 9.55. The number of ether oxygens (including phenoxy) is 1. The number of imide groups is 1. The van der Waals surface area contributed by atoms with Gasteiger partial charge in [-0.15, -0.1) is 0 Å². The van der Waals surface area contributed by atoms with E-state index in [0.717, 1.165) is 4.90 Å². The summed E-state index contributed by atoms with van der Waals surface area (Å²) >= 11 is 0. The molecular formula is C24H21N3O8PrS. The number of nitrogens with one attached hydrogen (secondary N) is 1. The number of benzene rings is 3. The number of fused-ring (bicyclic) bond motifs is 1. The third kappa shape index (κ3) is 6.06. The van der Waals surface area contributed by atoms with Crippen LogP contribution in [0.25, 0.3) is 0 Å². The molecule has 0 bridgehead atoms. The molecule has 0 saturated heterocycles. The molecule has 0 fully saturated rings. The number of rotatable bonds is 9. The van der Waals surface area contributed by atoms with Gasteiger partial charge < -0.3 is 4.74 Å². The van der Waals surface area contributed by atoms with Gasteiger partial charge in [0.25, 0.3) is 27.7 Å². The van der Waals surface area contributed by atoms with Crippen LogP contribution in [0, 0.1) is 41.3 Å². The van der Waals surface area contributed by atoms with Crippen molar-refractivity contribution in [3.63, 3.8) is 0 Å². The third-order valence-electron chi connectivity index (χ3n) is 5.53. The summed E-state index contributed by atoms with van der Waals surface area (Å²) in [7, 11) is -4.64. The number of carbonyl (C=O) groups excluding carboxylic acids is 3. The molecule has 0 saturated carbocycles. The molecule has 11 nitrogen and oxygen atoms in total. The molecule has 1 radical (unpaired) electrons. The largest absolute Gasteiger partial charge is 0.457 e. The number of nitrogens with zero attached hydrogens (tertiary/aromatic N) is 2. The number of carbonyl (C=O) groups is 3. The van der Waals surface area contributed by atoms with Crippen LogP contribution in [0.4, 0.5) is 0 Å². The zero-order valence-electron chi connectivity index (χ0n) is 19.2. The number of hydroxylamine groups is 2. The molecular weight excluding hydrogens is 631 g/mol. The van der Waals surface area contributed by atoms with Crippen LogP contribution in [0.5, 0.6) is 11.5 Å². The Kier molecular flexibility index (Phi) is 9.51. The van der Waals surface area contributed by atoms with Crippen LogP contribution < -0.4 is 10.2 Å². The number of hydrogen-bond acceptors (Lipinski definition) is 8. The van der Waals surface area contributed by atoms with Crippen LogP contribution in [-0.4, -0.2) is 58.5 Å². The first-order valence-corrected chi connectivity index (χ1v) is 12.1. The van der Waals surface area contributed by atoms with Crippen molar-refractivity contribution in [3.8, 4) is 11.5 Å². The first kappa shape index (κ1) is 28.8. The Morgan fingerprint density at radius 3 is 1.95 bits per heavy atom. The van der Waals surface area contributed by atoms with E-state index in [2.05, 4.69) is 0 Å². The summed E-state index contributed by atoms with van der Waals surface area (Å²) in [4.78, 5) is 37.8. The summed E-state index contributed by atoms with van der Waals surface area (Å²) in [5, 5.41) is 19.6. The number of amides is 3. The molecule has 4 rings (SSSR count). The van der Waals surface area contributed by atoms with Crippen molar-refractivity contribution in [3.05, 3.63) is 90.0 Å². The topological polar surface area (TPSA) is 154 Å². The van der Waals surface area contributed by atoms with E-state index >= 15 is 0 Å². The first-order chi connectivity index (χ1) is 17.2. The predicted octanol–water partition coefficient (Wildman–Crippen LogP) is 2.42. The van der Waals surface area contributed by atoms with Gasteiger partial charge in [0, 0.05) is 47.8 Å². The molecule has 1 atom stereocenters. The van der Waals surface area contributed by atoms with E-state index in [-0.39, 0.29) is 68.3 Å². The van der Waals surface area contributed by atoms with Crippen molar-refractivity contribution in [2.75, 3.05) is 6.54 Å². The van der Waals surface area contributed by atoms with E-state index in [0.29, 0.717) is 11.5 Å². The smallest absolute Gasteiger partial charge is 0.265 e. The molecule has 37 heavy (non-hydrogen) atoms. The van der Waals surface area contributed by atoms with Gasteiger partial charge in [0.2, 0.25) is 0 Å². The molecule has 0 unspecified atom stereocenters. The fraction of sp³-hybridized carbons (Fsp3) is 0.125. The summed E-state index contributed by atoms with van der Waals surface area (Å²) in [6.07, 6.45) is -0.483. The minimum absolute atomic E-state index is 0. The van der Waals surface area contributed by atoms with Crippen molar-refractivity contribution in [2.45, 2.75) is 17.4 Å². The minimum Gasteiger partial charge on any atom is -0.457 e. The second kappa shape index (κ2) is 12.2. The maximum atomic E-state index is 13.0. The van der Waals surface area contributed by atoms with E-state index in [1.54, 1.807) is 36.4 Å². The Morgan fingerprint density at radius 2 is 1.41 bits per heavy atom. The average Bonchev–Trinajstić information content (AvgIpc) is 3.14. The molecule has 0 spiro atoms. The van der Waals surface area contributed by atoms with Crippen molar-refractivity contribution in [2.24, 2.45) is 0 Å². The van der Waals surface area contributed by atoms with Gasteiger partial charge in [-0.1, -0.05) is 34.8 Å². The zero-order valence-corrected chi connectivity index (χ0v) is 23.7. The van der Waals surface area contributed by atoms with E-state index in [1.807, 2.05) is 6.07 Å². The molecule has 13 heteroatoms. The van der Waals surface area contributed by atoms with Crippen LogP contribution >= 0.6 is 0 Å². The summed E-state index contributed by atoms with van der Waals surface area (Å²) in [5.74, 6) is -1.61. The summed E-state index contributed by atoms with van der Waals surface area (Å²) in [5.41, 5.74) is 1.66. The number of para-hydroxylation sites is 1. The summed E-state index contributed by atoms with van der Waals surface area (Å²) < 4.78 is 31.4. The fourth-order valence-corrected chi connectivity index (χ4v) is 4.92. The molecule has 1 heterocycles. The molecule has 1 aliphatic rings. The first-order valence-electron chi connectivity index (χ1n) is 10.7. The van der Waals surface area contributed by atoms with Gasteiger partial charge >= 0.3 is 0 Å². The second-order valence-electron chi connectivity index (χ2n) is 7.75. The number of hydrogen-bond donors (Lipinski definition) is 3. The standard InChI is InChI=1S/C24H21N3O8S.Pr/c28-22(25-31)21(14-15-26-23(29)19-8-4-5-9-20(19)24(26)30)27(32)36(33,34)18-12-10-17(11-13-18)35-16-6-2-1-3-7-16;/h1-13,21,31-32H,14-15H2,(H,25,28);/t21-;/m1./s1. The molecule has 189 valence electrons. The normalized spacial score (nSPS) is 13.6. The van der Waals surface area contributed by atoms with Crippen molar-refractivity contribution < 1.29 is 79.2 Å². The molecule has 0 aliphatic carbocycles. The SMILES string of the molecule is O=C(NO)[C@@H](CCN1C(=O)c2ccccc2C1=O)N(O)S(=O)(=O)c1ccc(Oc2ccccc2)cc1.[Pr]. The number of sulfonamides is 1. The van der Waals surface area contributed by atoms with Gasteiger partial charge in [0.1, 0.15) is 17.5 Å². The maximum absolute atomic E-state index is 13.0. The predicted molar refractivity (Wildman–Crippen MR) is 124 cm³/mol. The van der Waals surface area contributed by atoms with Crippen LogP contribution in [-0.2, 0) is 14.8 Å². The van der Waals surface area contributed by atoms with Gasteiger partial charge in [-0.05, 0) is 55.0 Å². The fourth-order valence-electron chi connectivity index (χ4n) is 3.69. The van der Waals surface area contributed by atoms with Crippen LogP contribution in [0.15, 0.2) is 83.8 Å². The Labute approximate surface area is 245 Å². The van der Waals surface area contributed by atoms with Crippen molar-refractivity contribution in [1.29, 1.82) is 0 Å². The van der Waals surface area contributed by atoms with Gasteiger partial charge in [-0.3, -0.25) is 29.7 Å². The summed E-state index contributed by atoms with van der Waals surface area (Å²) in [6, 6.07) is 18.2. The average molecular weight is 652 g/mol. The Hall–Kier alpha value is -2.74.